The molecule has 0 radical (unpaired) electrons. The van der Waals surface area contributed by atoms with Gasteiger partial charge in [-0.2, -0.15) is 0 Å². The van der Waals surface area contributed by atoms with E-state index in [1.165, 1.54) is 0 Å². The van der Waals surface area contributed by atoms with E-state index in [1.54, 1.807) is 0 Å². The van der Waals surface area contributed by atoms with E-state index >= 15 is 0 Å². The van der Waals surface area contributed by atoms with Crippen LogP contribution in [-0.2, 0) is 11.2 Å². The van der Waals surface area contributed by atoms with Crippen LogP contribution in [0.1, 0.15) is 56.4 Å². The smallest absolute Gasteiger partial charge is 0.336 e. The molecule has 0 heterocycles. The minimum Gasteiger partial charge on any atom is -0.478 e. The highest BCUT2D eigenvalue weighted by atomic mass is 16.5. The Kier molecular flexibility index (Phi) is 7.13. The highest BCUT2D eigenvalue weighted by molar-refractivity contribution is 6.05. The fourth-order valence-electron chi connectivity index (χ4n) is 2.28. The lowest BCUT2D eigenvalue weighted by atomic mass is 9.92. The summed E-state index contributed by atoms with van der Waals surface area (Å²) in [7, 11) is 0. The standard InChI is InChI=1S/C17H20O7/c1-10(2)9-24-8-4-3-5-11-12(15(18)19)6-7-13(16(20)21)14(11)17(22)23/h6-7H,1,3-5,8-9H2,2H3,(H,18,19)(H,20,21)(H,22,23). The van der Waals surface area contributed by atoms with Crippen molar-refractivity contribution in [3.05, 3.63) is 46.5 Å². The number of unbranched alkanes of at least 4 members (excludes halogenated alkanes) is 1. The first kappa shape index (κ1) is 19.4. The molecular formula is C17H20O7. The molecule has 0 aliphatic heterocycles. The van der Waals surface area contributed by atoms with Gasteiger partial charge in [0.2, 0.25) is 0 Å². The Hall–Kier alpha value is -2.67. The molecule has 0 aromatic heterocycles. The van der Waals surface area contributed by atoms with Crippen LogP contribution >= 0.6 is 0 Å². The first-order valence-electron chi connectivity index (χ1n) is 7.33. The Bertz CT molecular complexity index is 661. The Morgan fingerprint density at radius 2 is 1.58 bits per heavy atom. The molecule has 0 saturated carbocycles. The van der Waals surface area contributed by atoms with Gasteiger partial charge >= 0.3 is 17.9 Å². The van der Waals surface area contributed by atoms with Crippen LogP contribution in [-0.4, -0.2) is 46.4 Å². The van der Waals surface area contributed by atoms with Crippen molar-refractivity contribution < 1.29 is 34.4 Å². The molecule has 0 unspecified atom stereocenters. The monoisotopic (exact) mass is 336 g/mol. The van der Waals surface area contributed by atoms with E-state index in [-0.39, 0.29) is 17.5 Å². The summed E-state index contributed by atoms with van der Waals surface area (Å²) in [4.78, 5) is 34.0. The summed E-state index contributed by atoms with van der Waals surface area (Å²) in [5.74, 6) is -4.15. The van der Waals surface area contributed by atoms with Gasteiger partial charge in [-0.25, -0.2) is 14.4 Å². The summed E-state index contributed by atoms with van der Waals surface area (Å²) >= 11 is 0. The number of carboxylic acid groups (broad SMARTS) is 3. The van der Waals surface area contributed by atoms with E-state index < -0.39 is 29.0 Å². The number of hydrogen-bond acceptors (Lipinski definition) is 4. The van der Waals surface area contributed by atoms with Gasteiger partial charge in [-0.05, 0) is 43.9 Å². The van der Waals surface area contributed by atoms with E-state index in [9.17, 15) is 24.6 Å². The number of carboxylic acids is 3. The molecule has 1 aromatic carbocycles. The molecule has 0 aliphatic carbocycles. The van der Waals surface area contributed by atoms with Gasteiger partial charge in [0.05, 0.1) is 23.3 Å². The predicted octanol–water partition coefficient (Wildman–Crippen LogP) is 2.70. The van der Waals surface area contributed by atoms with Crippen molar-refractivity contribution in [1.82, 2.24) is 0 Å². The highest BCUT2D eigenvalue weighted by Crippen LogP contribution is 2.22. The quantitative estimate of drug-likeness (QED) is 0.443. The molecule has 7 nitrogen and oxygen atoms in total. The summed E-state index contributed by atoms with van der Waals surface area (Å²) < 4.78 is 5.32. The predicted molar refractivity (Wildman–Crippen MR) is 85.9 cm³/mol. The Morgan fingerprint density at radius 3 is 2.08 bits per heavy atom. The van der Waals surface area contributed by atoms with Gasteiger partial charge in [0.25, 0.3) is 0 Å². The van der Waals surface area contributed by atoms with Gasteiger partial charge in [0.15, 0.2) is 0 Å². The molecule has 7 heteroatoms. The van der Waals surface area contributed by atoms with E-state index in [2.05, 4.69) is 6.58 Å². The van der Waals surface area contributed by atoms with Gasteiger partial charge in [-0.15, -0.1) is 0 Å². The second-order valence-corrected chi connectivity index (χ2v) is 5.40. The molecule has 130 valence electrons. The SMILES string of the molecule is C=C(C)COCCCCc1c(C(=O)O)ccc(C(=O)O)c1C(=O)O. The summed E-state index contributed by atoms with van der Waals surface area (Å²) in [5.41, 5.74) is -0.174. The molecule has 1 aromatic rings. The molecule has 24 heavy (non-hydrogen) atoms. The molecule has 0 spiro atoms. The highest BCUT2D eigenvalue weighted by Gasteiger charge is 2.24. The minimum atomic E-state index is -1.45. The normalized spacial score (nSPS) is 10.4. The Balaban J connectivity index is 2.99. The molecule has 0 fully saturated rings. The van der Waals surface area contributed by atoms with Crippen LogP contribution in [0.2, 0.25) is 0 Å². The number of ether oxygens (including phenoxy) is 1. The van der Waals surface area contributed by atoms with Crippen LogP contribution < -0.4 is 0 Å². The Morgan fingerprint density at radius 1 is 1.00 bits per heavy atom. The number of rotatable bonds is 10. The largest absolute Gasteiger partial charge is 0.478 e. The van der Waals surface area contributed by atoms with Crippen molar-refractivity contribution >= 4 is 17.9 Å². The lowest BCUT2D eigenvalue weighted by Crippen LogP contribution is -2.16. The third-order valence-electron chi connectivity index (χ3n) is 3.30. The lowest BCUT2D eigenvalue weighted by Gasteiger charge is -2.12. The molecule has 0 saturated heterocycles. The van der Waals surface area contributed by atoms with Gasteiger partial charge in [0.1, 0.15) is 0 Å². The van der Waals surface area contributed by atoms with Crippen molar-refractivity contribution in [2.45, 2.75) is 26.2 Å². The van der Waals surface area contributed by atoms with Crippen LogP contribution in [0, 0.1) is 0 Å². The summed E-state index contributed by atoms with van der Waals surface area (Å²) in [6.07, 6.45) is 1.20. The fraction of sp³-hybridized carbons (Fsp3) is 0.353. The second-order valence-electron chi connectivity index (χ2n) is 5.40. The van der Waals surface area contributed by atoms with Gasteiger partial charge in [-0.3, -0.25) is 0 Å². The fourth-order valence-corrected chi connectivity index (χ4v) is 2.28. The zero-order chi connectivity index (χ0) is 18.3. The first-order valence-corrected chi connectivity index (χ1v) is 7.33. The Labute approximate surface area is 139 Å². The summed E-state index contributed by atoms with van der Waals surface area (Å²) in [5, 5.41) is 27.7. The van der Waals surface area contributed by atoms with Gasteiger partial charge in [0, 0.05) is 6.61 Å². The van der Waals surface area contributed by atoms with Crippen LogP contribution in [0.15, 0.2) is 24.3 Å². The van der Waals surface area contributed by atoms with Crippen LogP contribution in [0.3, 0.4) is 0 Å². The minimum absolute atomic E-state index is 0.0230. The van der Waals surface area contributed by atoms with Crippen LogP contribution in [0.5, 0.6) is 0 Å². The van der Waals surface area contributed by atoms with E-state index in [0.29, 0.717) is 26.1 Å². The maximum atomic E-state index is 11.4. The van der Waals surface area contributed by atoms with E-state index in [0.717, 1.165) is 17.7 Å². The van der Waals surface area contributed by atoms with Crippen molar-refractivity contribution in [2.75, 3.05) is 13.2 Å². The third-order valence-corrected chi connectivity index (χ3v) is 3.30. The van der Waals surface area contributed by atoms with Crippen molar-refractivity contribution in [3.63, 3.8) is 0 Å². The topological polar surface area (TPSA) is 121 Å². The van der Waals surface area contributed by atoms with Crippen LogP contribution in [0.25, 0.3) is 0 Å². The molecule has 0 atom stereocenters. The number of hydrogen-bond donors (Lipinski definition) is 3. The molecule has 0 amide bonds. The van der Waals surface area contributed by atoms with Crippen molar-refractivity contribution in [3.8, 4) is 0 Å². The first-order chi connectivity index (χ1) is 11.3. The number of carbonyl (C=O) groups is 3. The van der Waals surface area contributed by atoms with Gasteiger partial charge < -0.3 is 20.1 Å². The molecule has 1 rings (SSSR count). The zero-order valence-corrected chi connectivity index (χ0v) is 13.4. The van der Waals surface area contributed by atoms with E-state index in [1.807, 2.05) is 6.92 Å². The molecule has 3 N–H and O–H groups in total. The van der Waals surface area contributed by atoms with Gasteiger partial charge in [-0.1, -0.05) is 12.2 Å². The van der Waals surface area contributed by atoms with E-state index in [4.69, 9.17) is 9.84 Å². The third kappa shape index (κ3) is 5.20. The van der Waals surface area contributed by atoms with Crippen LogP contribution in [0.4, 0.5) is 0 Å². The number of aromatic carboxylic acids is 3. The van der Waals surface area contributed by atoms with Crippen molar-refractivity contribution in [1.29, 1.82) is 0 Å². The van der Waals surface area contributed by atoms with Crippen molar-refractivity contribution in [2.24, 2.45) is 0 Å². The maximum Gasteiger partial charge on any atom is 0.336 e. The molecular weight excluding hydrogens is 316 g/mol. The summed E-state index contributed by atoms with van der Waals surface area (Å²) in [6, 6.07) is 2.14. The lowest BCUT2D eigenvalue weighted by molar-refractivity contribution is 0.0647. The summed E-state index contributed by atoms with van der Waals surface area (Å²) in [6.45, 7) is 6.38. The second kappa shape index (κ2) is 8.83. The number of benzene rings is 1. The average molecular weight is 336 g/mol. The zero-order valence-electron chi connectivity index (χ0n) is 13.4. The molecule has 0 bridgehead atoms. The molecule has 0 aliphatic rings. The maximum absolute atomic E-state index is 11.4. The average Bonchev–Trinajstić information content (AvgIpc) is 2.48.